The summed E-state index contributed by atoms with van der Waals surface area (Å²) in [5, 5.41) is 3.45. The zero-order chi connectivity index (χ0) is 22.6. The highest BCUT2D eigenvalue weighted by atomic mass is 32.2. The van der Waals surface area contributed by atoms with Gasteiger partial charge in [-0.2, -0.15) is 4.31 Å². The van der Waals surface area contributed by atoms with Crippen LogP contribution in [0.25, 0.3) is 11.0 Å². The zero-order valence-electron chi connectivity index (χ0n) is 17.8. The van der Waals surface area contributed by atoms with Gasteiger partial charge in [0.05, 0.1) is 28.3 Å². The number of sulfonamides is 1. The average molecular weight is 475 g/mol. The number of benzene rings is 2. The third-order valence-corrected chi connectivity index (χ3v) is 7.96. The topological polar surface area (TPSA) is 104 Å². The normalized spacial score (nSPS) is 15.0. The van der Waals surface area contributed by atoms with Crippen LogP contribution >= 0.6 is 11.8 Å². The SMILES string of the molecule is CCOc1ccc2nc(SCC(=O)Nc3ccc(S(=O)(=O)N4CCCCC4)cc3)[nH]c2c1. The number of aromatic nitrogens is 2. The predicted molar refractivity (Wildman–Crippen MR) is 126 cm³/mol. The van der Waals surface area contributed by atoms with E-state index in [2.05, 4.69) is 15.3 Å². The third kappa shape index (κ3) is 5.25. The molecule has 10 heteroatoms. The number of H-pyrrole nitrogens is 1. The molecule has 0 spiro atoms. The first-order valence-electron chi connectivity index (χ1n) is 10.6. The monoisotopic (exact) mass is 474 g/mol. The van der Waals surface area contributed by atoms with E-state index in [9.17, 15) is 13.2 Å². The number of nitrogens with zero attached hydrogens (tertiary/aromatic N) is 2. The molecule has 2 heterocycles. The number of amides is 1. The molecule has 1 amide bonds. The van der Waals surface area contributed by atoms with E-state index < -0.39 is 10.0 Å². The molecule has 1 aliphatic heterocycles. The molecule has 2 N–H and O–H groups in total. The fraction of sp³-hybridized carbons (Fsp3) is 0.364. The van der Waals surface area contributed by atoms with Crippen molar-refractivity contribution in [1.29, 1.82) is 0 Å². The molecule has 0 saturated carbocycles. The number of hydrogen-bond donors (Lipinski definition) is 2. The Hall–Kier alpha value is -2.56. The van der Waals surface area contributed by atoms with Crippen molar-refractivity contribution in [1.82, 2.24) is 14.3 Å². The lowest BCUT2D eigenvalue weighted by Crippen LogP contribution is -2.35. The van der Waals surface area contributed by atoms with E-state index in [1.54, 1.807) is 24.3 Å². The molecule has 170 valence electrons. The third-order valence-electron chi connectivity index (χ3n) is 5.17. The van der Waals surface area contributed by atoms with Gasteiger partial charge in [0.1, 0.15) is 5.75 Å². The molecular formula is C22H26N4O4S2. The summed E-state index contributed by atoms with van der Waals surface area (Å²) < 4.78 is 32.5. The number of aromatic amines is 1. The molecule has 1 aromatic heterocycles. The molecule has 0 aliphatic carbocycles. The van der Waals surface area contributed by atoms with E-state index in [4.69, 9.17) is 4.74 Å². The molecule has 0 unspecified atom stereocenters. The minimum Gasteiger partial charge on any atom is -0.494 e. The smallest absolute Gasteiger partial charge is 0.243 e. The van der Waals surface area contributed by atoms with Gasteiger partial charge in [-0.1, -0.05) is 18.2 Å². The van der Waals surface area contributed by atoms with Crippen molar-refractivity contribution in [2.45, 2.75) is 36.2 Å². The van der Waals surface area contributed by atoms with Crippen LogP contribution in [0.15, 0.2) is 52.5 Å². The zero-order valence-corrected chi connectivity index (χ0v) is 19.5. The van der Waals surface area contributed by atoms with Crippen molar-refractivity contribution in [3.8, 4) is 5.75 Å². The lowest BCUT2D eigenvalue weighted by molar-refractivity contribution is -0.113. The van der Waals surface area contributed by atoms with E-state index in [0.29, 0.717) is 30.5 Å². The molecule has 0 bridgehead atoms. The minimum absolute atomic E-state index is 0.173. The van der Waals surface area contributed by atoms with E-state index in [-0.39, 0.29) is 16.6 Å². The Morgan fingerprint density at radius 1 is 1.16 bits per heavy atom. The van der Waals surface area contributed by atoms with Crippen LogP contribution in [-0.2, 0) is 14.8 Å². The van der Waals surface area contributed by atoms with Crippen molar-refractivity contribution >= 4 is 44.4 Å². The van der Waals surface area contributed by atoms with Gasteiger partial charge in [-0.3, -0.25) is 4.79 Å². The number of carbonyl (C=O) groups is 1. The van der Waals surface area contributed by atoms with Gasteiger partial charge in [0.15, 0.2) is 5.16 Å². The molecule has 32 heavy (non-hydrogen) atoms. The standard InChI is InChI=1S/C22H26N4O4S2/c1-2-30-17-8-11-19-20(14-17)25-22(24-19)31-15-21(27)23-16-6-9-18(10-7-16)32(28,29)26-12-4-3-5-13-26/h6-11,14H,2-5,12-13,15H2,1H3,(H,23,27)(H,24,25). The van der Waals surface area contributed by atoms with Gasteiger partial charge in [0.25, 0.3) is 0 Å². The van der Waals surface area contributed by atoms with E-state index in [1.807, 2.05) is 25.1 Å². The van der Waals surface area contributed by atoms with Crippen LogP contribution in [0.4, 0.5) is 5.69 Å². The summed E-state index contributed by atoms with van der Waals surface area (Å²) in [7, 11) is -3.48. The van der Waals surface area contributed by atoms with E-state index in [0.717, 1.165) is 36.0 Å². The largest absolute Gasteiger partial charge is 0.494 e. The van der Waals surface area contributed by atoms with Gasteiger partial charge < -0.3 is 15.0 Å². The van der Waals surface area contributed by atoms with Gasteiger partial charge in [0.2, 0.25) is 15.9 Å². The summed E-state index contributed by atoms with van der Waals surface area (Å²) >= 11 is 1.30. The lowest BCUT2D eigenvalue weighted by atomic mass is 10.2. The van der Waals surface area contributed by atoms with Crippen molar-refractivity contribution in [2.24, 2.45) is 0 Å². The van der Waals surface area contributed by atoms with Crippen molar-refractivity contribution in [3.05, 3.63) is 42.5 Å². The number of rotatable bonds is 8. The van der Waals surface area contributed by atoms with Gasteiger partial charge in [-0.15, -0.1) is 0 Å². The number of nitrogens with one attached hydrogen (secondary N) is 2. The number of ether oxygens (including phenoxy) is 1. The fourth-order valence-electron chi connectivity index (χ4n) is 3.59. The number of anilines is 1. The van der Waals surface area contributed by atoms with Gasteiger partial charge in [-0.05, 0) is 56.2 Å². The molecule has 1 saturated heterocycles. The first-order chi connectivity index (χ1) is 15.5. The van der Waals surface area contributed by atoms with Gasteiger partial charge in [0, 0.05) is 24.8 Å². The van der Waals surface area contributed by atoms with Gasteiger partial charge >= 0.3 is 0 Å². The minimum atomic E-state index is -3.48. The second-order valence-electron chi connectivity index (χ2n) is 7.48. The average Bonchev–Trinajstić information content (AvgIpc) is 3.21. The Morgan fingerprint density at radius 2 is 1.91 bits per heavy atom. The molecule has 3 aromatic rings. The lowest BCUT2D eigenvalue weighted by Gasteiger charge is -2.25. The number of piperidine rings is 1. The van der Waals surface area contributed by atoms with Crippen LogP contribution in [0.3, 0.4) is 0 Å². The quantitative estimate of drug-likeness (QED) is 0.480. The van der Waals surface area contributed by atoms with Crippen LogP contribution < -0.4 is 10.1 Å². The number of hydrogen-bond acceptors (Lipinski definition) is 6. The predicted octanol–water partition coefficient (Wildman–Crippen LogP) is 3.87. The summed E-state index contributed by atoms with van der Waals surface area (Å²) in [5.74, 6) is 0.743. The maximum atomic E-state index is 12.7. The molecule has 8 nitrogen and oxygen atoms in total. The second-order valence-corrected chi connectivity index (χ2v) is 10.4. The fourth-order valence-corrected chi connectivity index (χ4v) is 5.79. The molecule has 1 aliphatic rings. The number of fused-ring (bicyclic) bond motifs is 1. The van der Waals surface area contributed by atoms with Crippen LogP contribution in [0.5, 0.6) is 5.75 Å². The van der Waals surface area contributed by atoms with Crippen LogP contribution in [0.1, 0.15) is 26.2 Å². The first-order valence-corrected chi connectivity index (χ1v) is 13.0. The highest BCUT2D eigenvalue weighted by Gasteiger charge is 2.25. The Morgan fingerprint density at radius 3 is 2.62 bits per heavy atom. The summed E-state index contributed by atoms with van der Waals surface area (Å²) in [5.41, 5.74) is 2.21. The van der Waals surface area contributed by atoms with Crippen molar-refractivity contribution in [3.63, 3.8) is 0 Å². The summed E-state index contributed by atoms with van der Waals surface area (Å²) in [6.45, 7) is 3.64. The number of carbonyl (C=O) groups excluding carboxylic acids is 1. The highest BCUT2D eigenvalue weighted by Crippen LogP contribution is 2.24. The first kappa shape index (κ1) is 22.6. The van der Waals surface area contributed by atoms with Crippen LogP contribution in [0.2, 0.25) is 0 Å². The van der Waals surface area contributed by atoms with Crippen LogP contribution in [0, 0.1) is 0 Å². The maximum absolute atomic E-state index is 12.7. The summed E-state index contributed by atoms with van der Waals surface area (Å²) in [4.78, 5) is 20.3. The number of thioether (sulfide) groups is 1. The van der Waals surface area contributed by atoms with Gasteiger partial charge in [-0.25, -0.2) is 13.4 Å². The van der Waals surface area contributed by atoms with Crippen molar-refractivity contribution in [2.75, 3.05) is 30.8 Å². The van der Waals surface area contributed by atoms with Crippen molar-refractivity contribution < 1.29 is 17.9 Å². The van der Waals surface area contributed by atoms with E-state index in [1.165, 1.54) is 16.1 Å². The summed E-state index contributed by atoms with van der Waals surface area (Å²) in [6, 6.07) is 12.0. The second kappa shape index (κ2) is 9.93. The Bertz CT molecular complexity index is 1190. The molecule has 4 rings (SSSR count). The summed E-state index contributed by atoms with van der Waals surface area (Å²) in [6.07, 6.45) is 2.85. The number of imidazole rings is 1. The highest BCUT2D eigenvalue weighted by molar-refractivity contribution is 7.99. The van der Waals surface area contributed by atoms with Crippen LogP contribution in [-0.4, -0.2) is 54.0 Å². The Labute approximate surface area is 191 Å². The molecule has 1 fully saturated rings. The maximum Gasteiger partial charge on any atom is 0.243 e. The molecule has 0 radical (unpaired) electrons. The molecule has 2 aromatic carbocycles. The Kier molecular flexibility index (Phi) is 7.02. The molecular weight excluding hydrogens is 448 g/mol. The Balaban J connectivity index is 1.33. The molecule has 0 atom stereocenters. The van der Waals surface area contributed by atoms with E-state index >= 15 is 0 Å².